The molecule has 1 aromatic rings. The quantitative estimate of drug-likeness (QED) is 0.923. The van der Waals surface area contributed by atoms with Crippen LogP contribution >= 0.6 is 22.9 Å². The van der Waals surface area contributed by atoms with Crippen LogP contribution in [-0.4, -0.2) is 30.9 Å². The highest BCUT2D eigenvalue weighted by Crippen LogP contribution is 2.23. The van der Waals surface area contributed by atoms with Crippen LogP contribution in [-0.2, 0) is 11.3 Å². The molecule has 3 nitrogen and oxygen atoms in total. The average molecular weight is 287 g/mol. The van der Waals surface area contributed by atoms with E-state index >= 15 is 0 Å². The second-order valence-electron chi connectivity index (χ2n) is 4.85. The van der Waals surface area contributed by atoms with Crippen LogP contribution in [0.15, 0.2) is 12.1 Å². The first-order chi connectivity index (χ1) is 8.65. The molecule has 100 valence electrons. The Hall–Kier alpha value is -0.580. The van der Waals surface area contributed by atoms with Crippen molar-refractivity contribution in [2.75, 3.05) is 20.1 Å². The third-order valence-electron chi connectivity index (χ3n) is 3.37. The van der Waals surface area contributed by atoms with Crippen LogP contribution in [0.3, 0.4) is 0 Å². The third-order valence-corrected chi connectivity index (χ3v) is 4.59. The number of carbonyl (C=O) groups is 1. The largest absolute Gasteiger partial charge is 0.341 e. The summed E-state index contributed by atoms with van der Waals surface area (Å²) in [5, 5.41) is 3.32. The molecule has 0 aliphatic carbocycles. The van der Waals surface area contributed by atoms with E-state index in [1.54, 1.807) is 11.3 Å². The summed E-state index contributed by atoms with van der Waals surface area (Å²) in [7, 11) is 1.87. The van der Waals surface area contributed by atoms with Crippen LogP contribution in [0.2, 0.25) is 4.34 Å². The van der Waals surface area contributed by atoms with Crippen LogP contribution in [0.1, 0.15) is 24.1 Å². The van der Waals surface area contributed by atoms with Gasteiger partial charge < -0.3 is 10.2 Å². The van der Waals surface area contributed by atoms with E-state index in [1.165, 1.54) is 0 Å². The van der Waals surface area contributed by atoms with E-state index in [1.807, 2.05) is 24.1 Å². The standard InChI is InChI=1S/C13H19ClN2OS/c1-16(9-11-2-3-12(14)18-11)13(17)8-10-4-6-15-7-5-10/h2-3,10,15H,4-9H2,1H3. The lowest BCUT2D eigenvalue weighted by Gasteiger charge is -2.24. The SMILES string of the molecule is CN(Cc1ccc(Cl)s1)C(=O)CC1CCNCC1. The number of thiophene rings is 1. The highest BCUT2D eigenvalue weighted by Gasteiger charge is 2.19. The summed E-state index contributed by atoms with van der Waals surface area (Å²) >= 11 is 7.43. The summed E-state index contributed by atoms with van der Waals surface area (Å²) in [6.45, 7) is 2.76. The van der Waals surface area contributed by atoms with Crippen molar-refractivity contribution in [2.24, 2.45) is 5.92 Å². The van der Waals surface area contributed by atoms with Gasteiger partial charge in [0.25, 0.3) is 0 Å². The molecule has 1 saturated heterocycles. The molecule has 0 bridgehead atoms. The van der Waals surface area contributed by atoms with Crippen LogP contribution in [0.4, 0.5) is 0 Å². The van der Waals surface area contributed by atoms with Gasteiger partial charge in [0.2, 0.25) is 5.91 Å². The maximum Gasteiger partial charge on any atom is 0.222 e. The summed E-state index contributed by atoms with van der Waals surface area (Å²) < 4.78 is 0.782. The van der Waals surface area contributed by atoms with Crippen molar-refractivity contribution in [1.29, 1.82) is 0 Å². The summed E-state index contributed by atoms with van der Waals surface area (Å²) in [6, 6.07) is 3.87. The van der Waals surface area contributed by atoms with Crippen molar-refractivity contribution in [3.8, 4) is 0 Å². The summed E-state index contributed by atoms with van der Waals surface area (Å²) in [6.07, 6.45) is 2.91. The molecule has 5 heteroatoms. The minimum absolute atomic E-state index is 0.242. The smallest absolute Gasteiger partial charge is 0.222 e. The predicted molar refractivity (Wildman–Crippen MR) is 76.0 cm³/mol. The Morgan fingerprint density at radius 2 is 2.22 bits per heavy atom. The Bertz CT molecular complexity index is 401. The van der Waals surface area contributed by atoms with Crippen LogP contribution in [0.5, 0.6) is 0 Å². The lowest BCUT2D eigenvalue weighted by atomic mass is 9.94. The summed E-state index contributed by atoms with van der Waals surface area (Å²) in [4.78, 5) is 15.0. The number of hydrogen-bond donors (Lipinski definition) is 1. The molecule has 1 amide bonds. The van der Waals surface area contributed by atoms with Gasteiger partial charge in [0, 0.05) is 18.3 Å². The van der Waals surface area contributed by atoms with Gasteiger partial charge in [-0.2, -0.15) is 0 Å². The zero-order valence-corrected chi connectivity index (χ0v) is 12.2. The van der Waals surface area contributed by atoms with Gasteiger partial charge in [0.1, 0.15) is 0 Å². The van der Waals surface area contributed by atoms with Crippen LogP contribution < -0.4 is 5.32 Å². The van der Waals surface area contributed by atoms with Gasteiger partial charge in [0.15, 0.2) is 0 Å². The molecule has 2 heterocycles. The second kappa shape index (κ2) is 6.55. The molecular formula is C13H19ClN2OS. The zero-order valence-electron chi connectivity index (χ0n) is 10.6. The van der Waals surface area contributed by atoms with E-state index in [2.05, 4.69) is 5.32 Å². The molecule has 0 saturated carbocycles. The highest BCUT2D eigenvalue weighted by atomic mass is 35.5. The molecule has 1 aliphatic rings. The number of carbonyl (C=O) groups excluding carboxylic acids is 1. The fraction of sp³-hybridized carbons (Fsp3) is 0.615. The molecule has 0 unspecified atom stereocenters. The number of piperidine rings is 1. The number of amides is 1. The van der Waals surface area contributed by atoms with Crippen LogP contribution in [0, 0.1) is 5.92 Å². The zero-order chi connectivity index (χ0) is 13.0. The highest BCUT2D eigenvalue weighted by molar-refractivity contribution is 7.16. The Morgan fingerprint density at radius 1 is 1.50 bits per heavy atom. The number of halogens is 1. The first-order valence-corrected chi connectivity index (χ1v) is 7.53. The van der Waals surface area contributed by atoms with E-state index in [0.29, 0.717) is 18.9 Å². The fourth-order valence-electron chi connectivity index (χ4n) is 2.25. The molecule has 18 heavy (non-hydrogen) atoms. The van der Waals surface area contributed by atoms with Gasteiger partial charge in [-0.3, -0.25) is 4.79 Å². The first-order valence-electron chi connectivity index (χ1n) is 6.34. The monoisotopic (exact) mass is 286 g/mol. The van der Waals surface area contributed by atoms with E-state index in [4.69, 9.17) is 11.6 Å². The summed E-state index contributed by atoms with van der Waals surface area (Å²) in [5.41, 5.74) is 0. The van der Waals surface area contributed by atoms with E-state index in [-0.39, 0.29) is 5.91 Å². The number of nitrogens with zero attached hydrogens (tertiary/aromatic N) is 1. The third kappa shape index (κ3) is 3.97. The van der Waals surface area contributed by atoms with E-state index in [9.17, 15) is 4.79 Å². The molecule has 0 radical (unpaired) electrons. The predicted octanol–water partition coefficient (Wildman–Crippen LogP) is 2.75. The fourth-order valence-corrected chi connectivity index (χ4v) is 3.39. The summed E-state index contributed by atoms with van der Waals surface area (Å²) in [5.74, 6) is 0.791. The molecule has 0 aromatic carbocycles. The van der Waals surface area contributed by atoms with E-state index < -0.39 is 0 Å². The van der Waals surface area contributed by atoms with Crippen LogP contribution in [0.25, 0.3) is 0 Å². The molecule has 0 atom stereocenters. The van der Waals surface area contributed by atoms with Crippen molar-refractivity contribution in [1.82, 2.24) is 10.2 Å². The van der Waals surface area contributed by atoms with Crippen molar-refractivity contribution in [3.05, 3.63) is 21.3 Å². The molecular weight excluding hydrogens is 268 g/mol. The molecule has 0 spiro atoms. The van der Waals surface area contributed by atoms with Gasteiger partial charge in [-0.1, -0.05) is 11.6 Å². The average Bonchev–Trinajstić information content (AvgIpc) is 2.76. The maximum atomic E-state index is 12.1. The van der Waals surface area contributed by atoms with Crippen molar-refractivity contribution in [3.63, 3.8) is 0 Å². The minimum Gasteiger partial charge on any atom is -0.341 e. The Labute approximate surface area is 117 Å². The Morgan fingerprint density at radius 3 is 2.83 bits per heavy atom. The molecule has 1 N–H and O–H groups in total. The van der Waals surface area contributed by atoms with Crippen molar-refractivity contribution >= 4 is 28.8 Å². The molecule has 1 fully saturated rings. The number of nitrogens with one attached hydrogen (secondary N) is 1. The lowest BCUT2D eigenvalue weighted by Crippen LogP contribution is -2.33. The molecule has 1 aliphatic heterocycles. The second-order valence-corrected chi connectivity index (χ2v) is 6.65. The first kappa shape index (κ1) is 13.8. The minimum atomic E-state index is 0.242. The van der Waals surface area contributed by atoms with Gasteiger partial charge in [-0.05, 0) is 44.0 Å². The molecule has 1 aromatic heterocycles. The Balaban J connectivity index is 1.80. The van der Waals surface area contributed by atoms with Gasteiger partial charge in [-0.25, -0.2) is 0 Å². The van der Waals surface area contributed by atoms with E-state index in [0.717, 1.165) is 35.1 Å². The number of hydrogen-bond acceptors (Lipinski definition) is 3. The number of rotatable bonds is 4. The molecule has 2 rings (SSSR count). The van der Waals surface area contributed by atoms with Gasteiger partial charge >= 0.3 is 0 Å². The van der Waals surface area contributed by atoms with Crippen molar-refractivity contribution in [2.45, 2.75) is 25.8 Å². The Kier molecular flexibility index (Phi) is 5.03. The lowest BCUT2D eigenvalue weighted by molar-refractivity contribution is -0.131. The topological polar surface area (TPSA) is 32.3 Å². The van der Waals surface area contributed by atoms with Crippen molar-refractivity contribution < 1.29 is 4.79 Å². The van der Waals surface area contributed by atoms with Gasteiger partial charge in [0.05, 0.1) is 10.9 Å². The van der Waals surface area contributed by atoms with Gasteiger partial charge in [-0.15, -0.1) is 11.3 Å². The maximum absolute atomic E-state index is 12.1. The normalized spacial score (nSPS) is 16.8.